The summed E-state index contributed by atoms with van der Waals surface area (Å²) < 4.78 is 13.9. The number of hydrogen-bond donors (Lipinski definition) is 2. The molecule has 0 saturated heterocycles. The van der Waals surface area contributed by atoms with Crippen LogP contribution in [0.3, 0.4) is 0 Å². The third-order valence-electron chi connectivity index (χ3n) is 4.31. The summed E-state index contributed by atoms with van der Waals surface area (Å²) in [6, 6.07) is 5.20. The number of anilines is 2. The Balaban J connectivity index is 1.70. The Kier molecular flexibility index (Phi) is 5.14. The summed E-state index contributed by atoms with van der Waals surface area (Å²) in [5.74, 6) is -0.740. The molecule has 0 spiro atoms. The average molecular weight is 347 g/mol. The number of hydrogen-bond acceptors (Lipinski definition) is 4. The first-order valence-electron chi connectivity index (χ1n) is 8.34. The molecule has 1 amide bonds. The second-order valence-corrected chi connectivity index (χ2v) is 7.35. The van der Waals surface area contributed by atoms with Crippen LogP contribution in [0.25, 0.3) is 0 Å². The van der Waals surface area contributed by atoms with Gasteiger partial charge < -0.3 is 10.6 Å². The Bertz CT molecular complexity index is 738. The zero-order chi connectivity index (χ0) is 17.1. The van der Waals surface area contributed by atoms with E-state index in [-0.39, 0.29) is 11.6 Å². The molecule has 128 valence electrons. The number of aryl methyl sites for hydroxylation is 2. The molecule has 6 heteroatoms. The predicted octanol–water partition coefficient (Wildman–Crippen LogP) is 4.90. The lowest BCUT2D eigenvalue weighted by atomic mass is 9.96. The normalized spacial score (nSPS) is 15.3. The van der Waals surface area contributed by atoms with Gasteiger partial charge in [-0.3, -0.25) is 4.79 Å². The van der Waals surface area contributed by atoms with Crippen molar-refractivity contribution in [2.75, 3.05) is 10.6 Å². The van der Waals surface area contributed by atoms with Crippen molar-refractivity contribution >= 4 is 28.1 Å². The molecule has 1 aliphatic carbocycles. The maximum Gasteiger partial charge on any atom is 0.267 e. The van der Waals surface area contributed by atoms with Crippen LogP contribution in [0.15, 0.2) is 18.2 Å². The van der Waals surface area contributed by atoms with E-state index < -0.39 is 5.82 Å². The molecule has 1 heterocycles. The second kappa shape index (κ2) is 7.30. The summed E-state index contributed by atoms with van der Waals surface area (Å²) in [5, 5.41) is 6.85. The Morgan fingerprint density at radius 3 is 2.71 bits per heavy atom. The topological polar surface area (TPSA) is 54.0 Å². The minimum atomic E-state index is -0.425. The fourth-order valence-electron chi connectivity index (χ4n) is 2.99. The van der Waals surface area contributed by atoms with Crippen LogP contribution in [-0.2, 0) is 0 Å². The Morgan fingerprint density at radius 1 is 1.25 bits per heavy atom. The van der Waals surface area contributed by atoms with Gasteiger partial charge in [0.15, 0.2) is 5.13 Å². The number of benzene rings is 1. The largest absolute Gasteiger partial charge is 0.359 e. The van der Waals surface area contributed by atoms with Crippen LogP contribution in [0, 0.1) is 19.7 Å². The van der Waals surface area contributed by atoms with Gasteiger partial charge in [-0.25, -0.2) is 9.37 Å². The number of carbonyl (C=O) groups is 1. The number of amides is 1. The molecule has 1 aliphatic rings. The van der Waals surface area contributed by atoms with E-state index in [0.29, 0.717) is 16.6 Å². The fraction of sp³-hybridized carbons (Fsp3) is 0.444. The number of rotatable bonds is 4. The molecule has 0 bridgehead atoms. The second-order valence-electron chi connectivity index (χ2n) is 6.35. The molecular weight excluding hydrogens is 325 g/mol. The molecule has 1 aromatic carbocycles. The van der Waals surface area contributed by atoms with Gasteiger partial charge in [0.25, 0.3) is 5.91 Å². The third kappa shape index (κ3) is 3.93. The smallest absolute Gasteiger partial charge is 0.267 e. The van der Waals surface area contributed by atoms with Gasteiger partial charge in [-0.15, -0.1) is 0 Å². The Morgan fingerprint density at radius 2 is 2.00 bits per heavy atom. The van der Waals surface area contributed by atoms with Crippen LogP contribution in [0.2, 0.25) is 0 Å². The van der Waals surface area contributed by atoms with Gasteiger partial charge in [-0.05, 0) is 44.4 Å². The van der Waals surface area contributed by atoms with Gasteiger partial charge in [-0.1, -0.05) is 36.7 Å². The van der Waals surface area contributed by atoms with Gasteiger partial charge in [0, 0.05) is 6.04 Å². The summed E-state index contributed by atoms with van der Waals surface area (Å²) in [4.78, 5) is 17.4. The number of nitrogens with one attached hydrogen (secondary N) is 2. The van der Waals surface area contributed by atoms with Gasteiger partial charge in [-0.2, -0.15) is 0 Å². The maximum atomic E-state index is 13.9. The van der Waals surface area contributed by atoms with E-state index in [4.69, 9.17) is 0 Å². The molecule has 1 saturated carbocycles. The van der Waals surface area contributed by atoms with E-state index in [1.54, 1.807) is 12.1 Å². The molecule has 0 atom stereocenters. The van der Waals surface area contributed by atoms with Gasteiger partial charge in [0.1, 0.15) is 10.7 Å². The summed E-state index contributed by atoms with van der Waals surface area (Å²) in [6.07, 6.45) is 6.07. The molecular formula is C18H22FN3OS. The number of thiazole rings is 1. The van der Waals surface area contributed by atoms with E-state index in [1.807, 2.05) is 13.8 Å². The highest BCUT2D eigenvalue weighted by Gasteiger charge is 2.19. The molecule has 2 N–H and O–H groups in total. The number of aromatic nitrogens is 1. The lowest BCUT2D eigenvalue weighted by molar-refractivity contribution is 0.102. The van der Waals surface area contributed by atoms with Crippen molar-refractivity contribution in [1.82, 2.24) is 4.98 Å². The van der Waals surface area contributed by atoms with Crippen LogP contribution < -0.4 is 10.6 Å². The third-order valence-corrected chi connectivity index (χ3v) is 5.40. The lowest BCUT2D eigenvalue weighted by Gasteiger charge is -2.22. The highest BCUT2D eigenvalue weighted by molar-refractivity contribution is 7.17. The first kappa shape index (κ1) is 16.9. The van der Waals surface area contributed by atoms with Crippen LogP contribution in [0.1, 0.15) is 53.0 Å². The van der Waals surface area contributed by atoms with Crippen molar-refractivity contribution in [3.05, 3.63) is 40.2 Å². The number of halogens is 1. The summed E-state index contributed by atoms with van der Waals surface area (Å²) in [5.41, 5.74) is 1.68. The Hall–Kier alpha value is -1.95. The SMILES string of the molecule is Cc1ccc(NC(=O)c2sc(NC3CCCCC3)nc2C)c(F)c1. The fourth-order valence-corrected chi connectivity index (χ4v) is 3.93. The summed E-state index contributed by atoms with van der Waals surface area (Å²) in [6.45, 7) is 3.62. The lowest BCUT2D eigenvalue weighted by Crippen LogP contribution is -2.21. The predicted molar refractivity (Wildman–Crippen MR) is 96.4 cm³/mol. The van der Waals surface area contributed by atoms with Crippen molar-refractivity contribution in [2.45, 2.75) is 52.0 Å². The number of nitrogens with zero attached hydrogens (tertiary/aromatic N) is 1. The molecule has 0 radical (unpaired) electrons. The van der Waals surface area contributed by atoms with E-state index >= 15 is 0 Å². The zero-order valence-corrected chi connectivity index (χ0v) is 14.8. The van der Waals surface area contributed by atoms with Gasteiger partial charge >= 0.3 is 0 Å². The van der Waals surface area contributed by atoms with Crippen LogP contribution in [-0.4, -0.2) is 16.9 Å². The van der Waals surface area contributed by atoms with Gasteiger partial charge in [0.2, 0.25) is 0 Å². The minimum absolute atomic E-state index is 0.195. The molecule has 3 rings (SSSR count). The summed E-state index contributed by atoms with van der Waals surface area (Å²) in [7, 11) is 0. The van der Waals surface area contributed by atoms with E-state index in [1.165, 1.54) is 36.7 Å². The zero-order valence-electron chi connectivity index (χ0n) is 14.0. The quantitative estimate of drug-likeness (QED) is 0.827. The van der Waals surface area contributed by atoms with Crippen molar-refractivity contribution < 1.29 is 9.18 Å². The van der Waals surface area contributed by atoms with Gasteiger partial charge in [0.05, 0.1) is 11.4 Å². The molecule has 4 nitrogen and oxygen atoms in total. The van der Waals surface area contributed by atoms with Crippen molar-refractivity contribution in [2.24, 2.45) is 0 Å². The van der Waals surface area contributed by atoms with E-state index in [9.17, 15) is 9.18 Å². The molecule has 1 aromatic heterocycles. The highest BCUT2D eigenvalue weighted by atomic mass is 32.1. The van der Waals surface area contributed by atoms with Crippen LogP contribution in [0.5, 0.6) is 0 Å². The monoisotopic (exact) mass is 347 g/mol. The standard InChI is InChI=1S/C18H22FN3OS/c1-11-8-9-15(14(19)10-11)22-17(23)16-12(2)20-18(24-16)21-13-6-4-3-5-7-13/h8-10,13H,3-7H2,1-2H3,(H,20,21)(H,22,23). The van der Waals surface area contributed by atoms with Crippen molar-refractivity contribution in [3.8, 4) is 0 Å². The van der Waals surface area contributed by atoms with Crippen molar-refractivity contribution in [3.63, 3.8) is 0 Å². The first-order valence-corrected chi connectivity index (χ1v) is 9.16. The Labute approximate surface area is 145 Å². The van der Waals surface area contributed by atoms with E-state index in [0.717, 1.165) is 23.5 Å². The first-order chi connectivity index (χ1) is 11.5. The molecule has 24 heavy (non-hydrogen) atoms. The highest BCUT2D eigenvalue weighted by Crippen LogP contribution is 2.28. The molecule has 1 fully saturated rings. The molecule has 0 aliphatic heterocycles. The van der Waals surface area contributed by atoms with Crippen LogP contribution >= 0.6 is 11.3 Å². The minimum Gasteiger partial charge on any atom is -0.359 e. The van der Waals surface area contributed by atoms with E-state index in [2.05, 4.69) is 15.6 Å². The van der Waals surface area contributed by atoms with Crippen molar-refractivity contribution in [1.29, 1.82) is 0 Å². The molecule has 2 aromatic rings. The maximum absolute atomic E-state index is 13.9. The molecule has 0 unspecified atom stereocenters. The average Bonchev–Trinajstić information content (AvgIpc) is 2.91. The number of carbonyl (C=O) groups excluding carboxylic acids is 1. The summed E-state index contributed by atoms with van der Waals surface area (Å²) >= 11 is 1.33. The van der Waals surface area contributed by atoms with Crippen LogP contribution in [0.4, 0.5) is 15.2 Å².